The van der Waals surface area contributed by atoms with Crippen molar-refractivity contribution in [1.82, 2.24) is 4.98 Å². The van der Waals surface area contributed by atoms with Crippen LogP contribution < -0.4 is 5.32 Å². The first-order valence-electron chi connectivity index (χ1n) is 5.69. The third-order valence-corrected chi connectivity index (χ3v) is 3.46. The number of aromatic nitrogens is 1. The SMILES string of the molecule is CCCNc1cc(SCC(C)CO)ccn1. The maximum atomic E-state index is 8.95. The van der Waals surface area contributed by atoms with E-state index >= 15 is 0 Å². The second kappa shape index (κ2) is 7.52. The summed E-state index contributed by atoms with van der Waals surface area (Å²) in [4.78, 5) is 5.45. The Labute approximate surface area is 102 Å². The quantitative estimate of drug-likeness (QED) is 0.719. The standard InChI is InChI=1S/C12H20N2OS/c1-3-5-13-12-7-11(4-6-14-12)16-9-10(2)8-15/h4,6-7,10,15H,3,5,8-9H2,1-2H3,(H,13,14). The van der Waals surface area contributed by atoms with Crippen LogP contribution in [0, 0.1) is 5.92 Å². The van der Waals surface area contributed by atoms with Crippen LogP contribution in [0.3, 0.4) is 0 Å². The summed E-state index contributed by atoms with van der Waals surface area (Å²) >= 11 is 1.76. The third-order valence-electron chi connectivity index (χ3n) is 2.13. The number of anilines is 1. The number of hydrogen-bond acceptors (Lipinski definition) is 4. The molecular formula is C12H20N2OS. The number of nitrogens with zero attached hydrogens (tertiary/aromatic N) is 1. The Balaban J connectivity index is 2.46. The van der Waals surface area contributed by atoms with Gasteiger partial charge in [-0.1, -0.05) is 13.8 Å². The van der Waals surface area contributed by atoms with Crippen molar-refractivity contribution in [3.05, 3.63) is 18.3 Å². The zero-order valence-electron chi connectivity index (χ0n) is 9.94. The van der Waals surface area contributed by atoms with Crippen LogP contribution in [-0.4, -0.2) is 29.0 Å². The van der Waals surface area contributed by atoms with E-state index in [-0.39, 0.29) is 6.61 Å². The van der Waals surface area contributed by atoms with Crippen molar-refractivity contribution in [1.29, 1.82) is 0 Å². The second-order valence-electron chi connectivity index (χ2n) is 3.90. The van der Waals surface area contributed by atoms with E-state index in [2.05, 4.69) is 23.3 Å². The normalized spacial score (nSPS) is 12.4. The fraction of sp³-hybridized carbons (Fsp3) is 0.583. The molecule has 0 fully saturated rings. The lowest BCUT2D eigenvalue weighted by atomic mass is 10.2. The lowest BCUT2D eigenvalue weighted by molar-refractivity contribution is 0.250. The molecule has 0 aromatic carbocycles. The van der Waals surface area contributed by atoms with Crippen molar-refractivity contribution in [2.24, 2.45) is 5.92 Å². The van der Waals surface area contributed by atoms with Gasteiger partial charge in [0, 0.05) is 30.0 Å². The number of thioether (sulfide) groups is 1. The molecule has 0 saturated heterocycles. The van der Waals surface area contributed by atoms with E-state index in [1.807, 2.05) is 19.2 Å². The van der Waals surface area contributed by atoms with Gasteiger partial charge < -0.3 is 10.4 Å². The summed E-state index contributed by atoms with van der Waals surface area (Å²) in [6, 6.07) is 4.07. The van der Waals surface area contributed by atoms with Crippen molar-refractivity contribution in [3.8, 4) is 0 Å². The molecule has 0 spiro atoms. The highest BCUT2D eigenvalue weighted by Crippen LogP contribution is 2.22. The minimum atomic E-state index is 0.249. The number of hydrogen-bond donors (Lipinski definition) is 2. The number of pyridine rings is 1. The summed E-state index contributed by atoms with van der Waals surface area (Å²) in [6.45, 7) is 5.38. The van der Waals surface area contributed by atoms with Crippen LogP contribution in [-0.2, 0) is 0 Å². The van der Waals surface area contributed by atoms with Crippen LogP contribution in [0.2, 0.25) is 0 Å². The third kappa shape index (κ3) is 4.86. The average molecular weight is 240 g/mol. The van der Waals surface area contributed by atoms with Crippen LogP contribution >= 0.6 is 11.8 Å². The second-order valence-corrected chi connectivity index (χ2v) is 5.00. The first kappa shape index (κ1) is 13.3. The van der Waals surface area contributed by atoms with E-state index in [0.29, 0.717) is 5.92 Å². The van der Waals surface area contributed by atoms with E-state index in [1.54, 1.807) is 11.8 Å². The monoisotopic (exact) mass is 240 g/mol. The molecule has 1 heterocycles. The van der Waals surface area contributed by atoms with Crippen molar-refractivity contribution >= 4 is 17.6 Å². The Morgan fingerprint density at radius 2 is 2.38 bits per heavy atom. The van der Waals surface area contributed by atoms with Gasteiger partial charge in [0.2, 0.25) is 0 Å². The number of rotatable bonds is 7. The van der Waals surface area contributed by atoms with Crippen molar-refractivity contribution in [2.75, 3.05) is 24.2 Å². The smallest absolute Gasteiger partial charge is 0.126 e. The minimum absolute atomic E-state index is 0.249. The first-order valence-corrected chi connectivity index (χ1v) is 6.68. The molecule has 0 aliphatic carbocycles. The zero-order valence-corrected chi connectivity index (χ0v) is 10.8. The molecule has 2 N–H and O–H groups in total. The molecule has 1 aromatic rings. The molecule has 0 amide bonds. The maximum absolute atomic E-state index is 8.95. The van der Waals surface area contributed by atoms with Gasteiger partial charge in [-0.05, 0) is 24.5 Å². The summed E-state index contributed by atoms with van der Waals surface area (Å²) in [5.74, 6) is 2.21. The van der Waals surface area contributed by atoms with Gasteiger partial charge in [0.25, 0.3) is 0 Å². The van der Waals surface area contributed by atoms with E-state index in [9.17, 15) is 0 Å². The van der Waals surface area contributed by atoms with Crippen molar-refractivity contribution in [3.63, 3.8) is 0 Å². The highest BCUT2D eigenvalue weighted by Gasteiger charge is 2.02. The molecule has 0 aliphatic heterocycles. The summed E-state index contributed by atoms with van der Waals surface area (Å²) in [7, 11) is 0. The van der Waals surface area contributed by atoms with E-state index < -0.39 is 0 Å². The first-order chi connectivity index (χ1) is 7.76. The summed E-state index contributed by atoms with van der Waals surface area (Å²) < 4.78 is 0. The van der Waals surface area contributed by atoms with Gasteiger partial charge in [-0.15, -0.1) is 11.8 Å². The Morgan fingerprint density at radius 3 is 3.06 bits per heavy atom. The minimum Gasteiger partial charge on any atom is -0.396 e. The molecule has 0 saturated carbocycles. The Hall–Kier alpha value is -0.740. The van der Waals surface area contributed by atoms with E-state index in [0.717, 1.165) is 24.5 Å². The molecular weight excluding hydrogens is 220 g/mol. The van der Waals surface area contributed by atoms with Crippen molar-refractivity contribution < 1.29 is 5.11 Å². The molecule has 1 aromatic heterocycles. The number of nitrogens with one attached hydrogen (secondary N) is 1. The van der Waals surface area contributed by atoms with Crippen LogP contribution in [0.4, 0.5) is 5.82 Å². The molecule has 1 atom stereocenters. The topological polar surface area (TPSA) is 45.1 Å². The van der Waals surface area contributed by atoms with Gasteiger partial charge >= 0.3 is 0 Å². The fourth-order valence-electron chi connectivity index (χ4n) is 1.14. The molecule has 3 nitrogen and oxygen atoms in total. The van der Waals surface area contributed by atoms with Crippen LogP contribution in [0.25, 0.3) is 0 Å². The van der Waals surface area contributed by atoms with E-state index in [4.69, 9.17) is 5.11 Å². The van der Waals surface area contributed by atoms with Crippen LogP contribution in [0.5, 0.6) is 0 Å². The zero-order chi connectivity index (χ0) is 11.8. The lowest BCUT2D eigenvalue weighted by Crippen LogP contribution is -2.04. The molecule has 0 aliphatic rings. The summed E-state index contributed by atoms with van der Waals surface area (Å²) in [5, 5.41) is 12.2. The predicted molar refractivity (Wildman–Crippen MR) is 70.0 cm³/mol. The molecule has 90 valence electrons. The van der Waals surface area contributed by atoms with Gasteiger partial charge in [0.15, 0.2) is 0 Å². The van der Waals surface area contributed by atoms with Gasteiger partial charge in [0.05, 0.1) is 0 Å². The van der Waals surface area contributed by atoms with Gasteiger partial charge in [-0.3, -0.25) is 0 Å². The number of aliphatic hydroxyl groups is 1. The molecule has 0 radical (unpaired) electrons. The molecule has 0 bridgehead atoms. The number of aliphatic hydroxyl groups excluding tert-OH is 1. The molecule has 1 unspecified atom stereocenters. The predicted octanol–water partition coefficient (Wildman–Crippen LogP) is 2.62. The van der Waals surface area contributed by atoms with Gasteiger partial charge in [0.1, 0.15) is 5.82 Å². The fourth-order valence-corrected chi connectivity index (χ4v) is 2.08. The van der Waals surface area contributed by atoms with Crippen LogP contribution in [0.1, 0.15) is 20.3 Å². The largest absolute Gasteiger partial charge is 0.396 e. The van der Waals surface area contributed by atoms with Gasteiger partial charge in [-0.2, -0.15) is 0 Å². The lowest BCUT2D eigenvalue weighted by Gasteiger charge is -2.08. The van der Waals surface area contributed by atoms with E-state index in [1.165, 1.54) is 4.90 Å². The molecule has 1 rings (SSSR count). The van der Waals surface area contributed by atoms with Crippen LogP contribution in [0.15, 0.2) is 23.2 Å². The maximum Gasteiger partial charge on any atom is 0.126 e. The molecule has 16 heavy (non-hydrogen) atoms. The highest BCUT2D eigenvalue weighted by atomic mass is 32.2. The Kier molecular flexibility index (Phi) is 6.26. The average Bonchev–Trinajstić information content (AvgIpc) is 2.34. The van der Waals surface area contributed by atoms with Gasteiger partial charge in [-0.25, -0.2) is 4.98 Å². The molecule has 4 heteroatoms. The van der Waals surface area contributed by atoms with Crippen molar-refractivity contribution in [2.45, 2.75) is 25.2 Å². The highest BCUT2D eigenvalue weighted by molar-refractivity contribution is 7.99. The summed E-state index contributed by atoms with van der Waals surface area (Å²) in [5.41, 5.74) is 0. The summed E-state index contributed by atoms with van der Waals surface area (Å²) in [6.07, 6.45) is 2.92. The Bertz CT molecular complexity index is 307. The Morgan fingerprint density at radius 1 is 1.56 bits per heavy atom.